The lowest BCUT2D eigenvalue weighted by molar-refractivity contribution is 0.528. The molecule has 0 aliphatic rings. The molecule has 2 nitrogen and oxygen atoms in total. The van der Waals surface area contributed by atoms with E-state index in [4.69, 9.17) is 39.2 Å². The fraction of sp³-hybridized carbons (Fsp3) is 0.0833. The van der Waals surface area contributed by atoms with Crippen molar-refractivity contribution in [2.45, 2.75) is 6.92 Å². The van der Waals surface area contributed by atoms with Crippen LogP contribution in [0.15, 0.2) is 33.7 Å². The van der Waals surface area contributed by atoms with Gasteiger partial charge >= 0.3 is 0 Å². The van der Waals surface area contributed by atoms with Crippen molar-refractivity contribution in [1.82, 2.24) is 0 Å². The first-order valence-electron chi connectivity index (χ1n) is 4.81. The highest BCUT2D eigenvalue weighted by molar-refractivity contribution is 6.43. The van der Waals surface area contributed by atoms with Crippen LogP contribution in [0.1, 0.15) is 11.5 Å². The van der Waals surface area contributed by atoms with Crippen LogP contribution in [0, 0.1) is 6.92 Å². The normalized spacial score (nSPS) is 11.3. The number of aryl methyl sites for hydroxylation is 1. The van der Waals surface area contributed by atoms with Crippen molar-refractivity contribution in [3.63, 3.8) is 0 Å². The molecule has 2 aromatic rings. The van der Waals surface area contributed by atoms with Gasteiger partial charge in [-0.05, 0) is 31.2 Å². The zero-order chi connectivity index (χ0) is 12.4. The summed E-state index contributed by atoms with van der Waals surface area (Å²) < 4.78 is 5.35. The Morgan fingerprint density at radius 3 is 2.41 bits per heavy atom. The average molecular weight is 289 g/mol. The van der Waals surface area contributed by atoms with E-state index in [1.807, 2.05) is 19.1 Å². The van der Waals surface area contributed by atoms with E-state index in [-0.39, 0.29) is 0 Å². The number of benzene rings is 1. The fourth-order valence-electron chi connectivity index (χ4n) is 1.27. The van der Waals surface area contributed by atoms with Crippen LogP contribution in [-0.2, 0) is 0 Å². The fourth-order valence-corrected chi connectivity index (χ4v) is 1.86. The summed E-state index contributed by atoms with van der Waals surface area (Å²) in [6.07, 6.45) is 1.58. The summed E-state index contributed by atoms with van der Waals surface area (Å²) in [5.74, 6) is 1.48. The summed E-state index contributed by atoms with van der Waals surface area (Å²) >= 11 is 17.7. The molecule has 1 aromatic heterocycles. The van der Waals surface area contributed by atoms with Gasteiger partial charge in [0.05, 0.1) is 27.0 Å². The molecule has 0 atom stereocenters. The summed E-state index contributed by atoms with van der Waals surface area (Å²) in [4.78, 5) is 4.20. The Labute approximate surface area is 114 Å². The van der Waals surface area contributed by atoms with Gasteiger partial charge in [0.15, 0.2) is 0 Å². The number of nitrogens with zero attached hydrogens (tertiary/aromatic N) is 1. The molecule has 88 valence electrons. The molecule has 0 amide bonds. The van der Waals surface area contributed by atoms with Gasteiger partial charge in [-0.3, -0.25) is 4.99 Å². The van der Waals surface area contributed by atoms with Gasteiger partial charge in [0.25, 0.3) is 0 Å². The predicted octanol–water partition coefficient (Wildman–Crippen LogP) is 5.30. The second kappa shape index (κ2) is 5.13. The smallest absolute Gasteiger partial charge is 0.145 e. The van der Waals surface area contributed by atoms with Gasteiger partial charge < -0.3 is 4.42 Å². The maximum atomic E-state index is 5.99. The molecular weight excluding hydrogens is 280 g/mol. The summed E-state index contributed by atoms with van der Waals surface area (Å²) in [6.45, 7) is 1.86. The molecule has 1 aromatic carbocycles. The molecule has 0 fully saturated rings. The highest BCUT2D eigenvalue weighted by Gasteiger charge is 2.04. The third-order valence-corrected chi connectivity index (χ3v) is 3.11. The average Bonchev–Trinajstić information content (AvgIpc) is 2.68. The predicted molar refractivity (Wildman–Crippen MR) is 72.2 cm³/mol. The van der Waals surface area contributed by atoms with Crippen molar-refractivity contribution in [2.24, 2.45) is 4.99 Å². The van der Waals surface area contributed by atoms with Crippen LogP contribution < -0.4 is 0 Å². The highest BCUT2D eigenvalue weighted by Crippen LogP contribution is 2.33. The van der Waals surface area contributed by atoms with E-state index in [0.717, 1.165) is 5.76 Å². The monoisotopic (exact) mass is 287 g/mol. The van der Waals surface area contributed by atoms with Crippen molar-refractivity contribution < 1.29 is 4.42 Å². The van der Waals surface area contributed by atoms with Gasteiger partial charge in [0.1, 0.15) is 11.5 Å². The first kappa shape index (κ1) is 12.5. The first-order valence-corrected chi connectivity index (χ1v) is 5.94. The zero-order valence-corrected chi connectivity index (χ0v) is 11.1. The van der Waals surface area contributed by atoms with Crippen LogP contribution in [-0.4, -0.2) is 6.21 Å². The minimum absolute atomic E-state index is 0.407. The Morgan fingerprint density at radius 1 is 1.06 bits per heavy atom. The second-order valence-corrected chi connectivity index (χ2v) is 4.65. The second-order valence-electron chi connectivity index (χ2n) is 3.42. The van der Waals surface area contributed by atoms with Gasteiger partial charge in [0, 0.05) is 0 Å². The molecule has 0 aliphatic carbocycles. The Morgan fingerprint density at radius 2 is 1.76 bits per heavy atom. The number of halogens is 3. The van der Waals surface area contributed by atoms with Gasteiger partial charge in [-0.25, -0.2) is 0 Å². The minimum Gasteiger partial charge on any atom is -0.460 e. The van der Waals surface area contributed by atoms with Crippen LogP contribution in [0.25, 0.3) is 0 Å². The summed E-state index contributed by atoms with van der Waals surface area (Å²) in [5, 5.41) is 1.27. The van der Waals surface area contributed by atoms with Crippen molar-refractivity contribution in [3.05, 3.63) is 50.9 Å². The van der Waals surface area contributed by atoms with Gasteiger partial charge in [-0.1, -0.05) is 34.8 Å². The van der Waals surface area contributed by atoms with Crippen LogP contribution in [0.3, 0.4) is 0 Å². The number of furan rings is 1. The molecule has 0 unspecified atom stereocenters. The third-order valence-electron chi connectivity index (χ3n) is 2.08. The van der Waals surface area contributed by atoms with Crippen LogP contribution in [0.2, 0.25) is 15.1 Å². The molecular formula is C12H8Cl3NO. The van der Waals surface area contributed by atoms with Crippen LogP contribution >= 0.6 is 34.8 Å². The molecule has 17 heavy (non-hydrogen) atoms. The van der Waals surface area contributed by atoms with E-state index in [0.29, 0.717) is 26.5 Å². The maximum Gasteiger partial charge on any atom is 0.145 e. The Bertz CT molecular complexity index is 575. The third kappa shape index (κ3) is 3.03. The Hall–Kier alpha value is -0.960. The molecule has 0 aliphatic heterocycles. The van der Waals surface area contributed by atoms with E-state index in [1.165, 1.54) is 0 Å². The summed E-state index contributed by atoms with van der Waals surface area (Å²) in [5.41, 5.74) is 0.551. The molecule has 0 N–H and O–H groups in total. The zero-order valence-electron chi connectivity index (χ0n) is 8.88. The lowest BCUT2D eigenvalue weighted by atomic mass is 10.3. The number of rotatable bonds is 2. The lowest BCUT2D eigenvalue weighted by Gasteiger charge is -2.00. The lowest BCUT2D eigenvalue weighted by Crippen LogP contribution is -1.77. The van der Waals surface area contributed by atoms with E-state index >= 15 is 0 Å². The van der Waals surface area contributed by atoms with Gasteiger partial charge in [-0.2, -0.15) is 0 Å². The molecule has 0 saturated carbocycles. The van der Waals surface area contributed by atoms with Crippen LogP contribution in [0.5, 0.6) is 0 Å². The molecule has 0 radical (unpaired) electrons. The highest BCUT2D eigenvalue weighted by atomic mass is 35.5. The van der Waals surface area contributed by atoms with Crippen LogP contribution in [0.4, 0.5) is 5.69 Å². The SMILES string of the molecule is Cc1ccc(C=Nc2cc(Cl)c(Cl)cc2Cl)o1. The molecule has 5 heteroatoms. The Balaban J connectivity index is 2.30. The standard InChI is InChI=1S/C12H8Cl3NO/c1-7-2-3-8(17-7)6-16-12-5-10(14)9(13)4-11(12)15/h2-6H,1H3. The molecule has 0 bridgehead atoms. The van der Waals surface area contributed by atoms with Crippen molar-refractivity contribution >= 4 is 46.7 Å². The minimum atomic E-state index is 0.407. The van der Waals surface area contributed by atoms with Gasteiger partial charge in [0.2, 0.25) is 0 Å². The van der Waals surface area contributed by atoms with E-state index in [1.54, 1.807) is 18.3 Å². The maximum absolute atomic E-state index is 5.99. The summed E-state index contributed by atoms with van der Waals surface area (Å²) in [6, 6.07) is 6.85. The van der Waals surface area contributed by atoms with E-state index in [2.05, 4.69) is 4.99 Å². The quantitative estimate of drug-likeness (QED) is 0.544. The molecule has 0 spiro atoms. The molecule has 2 rings (SSSR count). The molecule has 0 saturated heterocycles. The number of hydrogen-bond acceptors (Lipinski definition) is 2. The number of aliphatic imine (C=N–C) groups is 1. The van der Waals surface area contributed by atoms with E-state index in [9.17, 15) is 0 Å². The van der Waals surface area contributed by atoms with Crippen molar-refractivity contribution in [1.29, 1.82) is 0 Å². The first-order chi connectivity index (χ1) is 8.06. The van der Waals surface area contributed by atoms with Crippen molar-refractivity contribution in [2.75, 3.05) is 0 Å². The topological polar surface area (TPSA) is 25.5 Å². The summed E-state index contributed by atoms with van der Waals surface area (Å²) in [7, 11) is 0. The number of hydrogen-bond donors (Lipinski definition) is 0. The van der Waals surface area contributed by atoms with E-state index < -0.39 is 0 Å². The van der Waals surface area contributed by atoms with Gasteiger partial charge in [-0.15, -0.1) is 0 Å². The Kier molecular flexibility index (Phi) is 3.77. The molecule has 1 heterocycles. The largest absolute Gasteiger partial charge is 0.460 e. The van der Waals surface area contributed by atoms with Crippen molar-refractivity contribution in [3.8, 4) is 0 Å².